The molecule has 3 heterocycles. The average molecular weight is 709 g/mol. The molecule has 0 saturated carbocycles. The van der Waals surface area contributed by atoms with Crippen molar-refractivity contribution in [3.8, 4) is 56.7 Å². The second-order valence-electron chi connectivity index (χ2n) is 13.4. The summed E-state index contributed by atoms with van der Waals surface area (Å²) >= 11 is 1.78. The van der Waals surface area contributed by atoms with Crippen LogP contribution in [0.3, 0.4) is 0 Å². The summed E-state index contributed by atoms with van der Waals surface area (Å²) in [5.41, 5.74) is 7.49. The first kappa shape index (κ1) is 30.6. The molecule has 0 atom stereocenters. The standard InChI is InChI=1S/C48H28N4OS/c1-3-14-30(15-4-1)45-50-46(33-26-25-29-13-7-8-18-32(29)27-33)52-47(51-45)37-23-12-20-34-35(37)21-11-22-36(34)43-42-38-19-9-10-24-40(38)54-41(42)28-39-44(43)49-48(53-39)31-16-5-2-6-17-31/h1-28H. The maximum absolute atomic E-state index is 6.53. The lowest BCUT2D eigenvalue weighted by atomic mass is 9.92. The first-order valence-corrected chi connectivity index (χ1v) is 18.7. The zero-order valence-corrected chi connectivity index (χ0v) is 29.6. The average Bonchev–Trinajstić information content (AvgIpc) is 3.84. The van der Waals surface area contributed by atoms with Crippen LogP contribution in [0.4, 0.5) is 0 Å². The second kappa shape index (κ2) is 12.3. The van der Waals surface area contributed by atoms with E-state index in [1.807, 2.05) is 60.7 Å². The summed E-state index contributed by atoms with van der Waals surface area (Å²) in [6, 6.07) is 58.6. The van der Waals surface area contributed by atoms with E-state index in [4.69, 9.17) is 24.4 Å². The molecule has 0 aliphatic rings. The van der Waals surface area contributed by atoms with Crippen LogP contribution in [0.25, 0.3) is 110 Å². The minimum Gasteiger partial charge on any atom is -0.436 e. The van der Waals surface area contributed by atoms with Gasteiger partial charge in [0.05, 0.1) is 0 Å². The Morgan fingerprint density at radius 2 is 1.04 bits per heavy atom. The van der Waals surface area contributed by atoms with Crippen LogP contribution in [0.5, 0.6) is 0 Å². The molecular formula is C48H28N4OS. The van der Waals surface area contributed by atoms with Gasteiger partial charge < -0.3 is 4.42 Å². The van der Waals surface area contributed by atoms with E-state index in [1.54, 1.807) is 11.3 Å². The van der Waals surface area contributed by atoms with Gasteiger partial charge >= 0.3 is 0 Å². The number of hydrogen-bond donors (Lipinski definition) is 0. The van der Waals surface area contributed by atoms with Crippen molar-refractivity contribution in [2.75, 3.05) is 0 Å². The number of fused-ring (bicyclic) bond motifs is 6. The van der Waals surface area contributed by atoms with E-state index < -0.39 is 0 Å². The number of aromatic nitrogens is 4. The third-order valence-corrected chi connectivity index (χ3v) is 11.3. The molecule has 0 bridgehead atoms. The number of benzene rings is 8. The van der Waals surface area contributed by atoms with Crippen molar-refractivity contribution in [2.24, 2.45) is 0 Å². The van der Waals surface area contributed by atoms with Gasteiger partial charge in [0.2, 0.25) is 5.89 Å². The first-order valence-electron chi connectivity index (χ1n) is 17.9. The molecule has 8 aromatic carbocycles. The topological polar surface area (TPSA) is 64.7 Å². The van der Waals surface area contributed by atoms with E-state index in [9.17, 15) is 0 Å². The van der Waals surface area contributed by atoms with Crippen molar-refractivity contribution in [1.82, 2.24) is 19.9 Å². The van der Waals surface area contributed by atoms with Crippen molar-refractivity contribution in [1.29, 1.82) is 0 Å². The molecule has 0 unspecified atom stereocenters. The van der Waals surface area contributed by atoms with Gasteiger partial charge in [0, 0.05) is 54.1 Å². The van der Waals surface area contributed by atoms with Crippen molar-refractivity contribution in [3.05, 3.63) is 170 Å². The lowest BCUT2D eigenvalue weighted by Gasteiger charge is -2.13. The summed E-state index contributed by atoms with van der Waals surface area (Å²) in [5, 5.41) is 6.82. The van der Waals surface area contributed by atoms with Crippen LogP contribution in [-0.4, -0.2) is 19.9 Å². The molecule has 6 heteroatoms. The Hall–Kier alpha value is -7.02. The molecule has 54 heavy (non-hydrogen) atoms. The number of nitrogens with zero attached hydrogens (tertiary/aromatic N) is 4. The highest BCUT2D eigenvalue weighted by atomic mass is 32.1. The Kier molecular flexibility index (Phi) is 6.97. The summed E-state index contributed by atoms with van der Waals surface area (Å²) in [6.07, 6.45) is 0. The van der Waals surface area contributed by atoms with E-state index in [0.717, 1.165) is 65.3 Å². The molecule has 11 rings (SSSR count). The normalized spacial score (nSPS) is 11.7. The van der Waals surface area contributed by atoms with E-state index in [0.29, 0.717) is 23.4 Å². The van der Waals surface area contributed by atoms with Crippen LogP contribution in [-0.2, 0) is 0 Å². The molecule has 0 spiro atoms. The van der Waals surface area contributed by atoms with Gasteiger partial charge in [-0.05, 0) is 51.4 Å². The fourth-order valence-electron chi connectivity index (χ4n) is 7.63. The molecule has 0 amide bonds. The minimum atomic E-state index is 0.606. The summed E-state index contributed by atoms with van der Waals surface area (Å²) in [4.78, 5) is 20.5. The van der Waals surface area contributed by atoms with Crippen molar-refractivity contribution in [3.63, 3.8) is 0 Å². The predicted octanol–water partition coefficient (Wildman–Crippen LogP) is 13.0. The van der Waals surface area contributed by atoms with Gasteiger partial charge in [-0.25, -0.2) is 19.9 Å². The molecule has 0 saturated heterocycles. The van der Waals surface area contributed by atoms with Crippen LogP contribution in [0.1, 0.15) is 0 Å². The fraction of sp³-hybridized carbons (Fsp3) is 0. The molecule has 3 aromatic heterocycles. The molecule has 0 fully saturated rings. The SMILES string of the molecule is c1ccc(-c2nc(-c3ccc4ccccc4c3)nc(-c3cccc4c(-c5c6nc(-c7ccccc7)oc6cc6sc7ccccc7c56)cccc34)n2)cc1. The van der Waals surface area contributed by atoms with Crippen LogP contribution in [0.15, 0.2) is 174 Å². The fourth-order valence-corrected chi connectivity index (χ4v) is 8.77. The number of hydrogen-bond acceptors (Lipinski definition) is 6. The summed E-state index contributed by atoms with van der Waals surface area (Å²) in [5.74, 6) is 2.48. The maximum atomic E-state index is 6.53. The van der Waals surface area contributed by atoms with Gasteiger partial charge in [-0.1, -0.05) is 140 Å². The lowest BCUT2D eigenvalue weighted by Crippen LogP contribution is -2.00. The Bertz CT molecular complexity index is 3220. The molecule has 0 aliphatic heterocycles. The molecule has 0 aliphatic carbocycles. The Balaban J connectivity index is 1.17. The second-order valence-corrected chi connectivity index (χ2v) is 14.5. The van der Waals surface area contributed by atoms with Crippen molar-refractivity contribution < 1.29 is 4.42 Å². The molecule has 252 valence electrons. The van der Waals surface area contributed by atoms with E-state index in [2.05, 4.69) is 109 Å². The highest BCUT2D eigenvalue weighted by Gasteiger charge is 2.22. The minimum absolute atomic E-state index is 0.606. The number of oxazole rings is 1. The monoisotopic (exact) mass is 708 g/mol. The Labute approximate surface area is 313 Å². The van der Waals surface area contributed by atoms with E-state index >= 15 is 0 Å². The molecule has 11 aromatic rings. The quantitative estimate of drug-likeness (QED) is 0.178. The van der Waals surface area contributed by atoms with Crippen LogP contribution >= 0.6 is 11.3 Å². The third kappa shape index (κ3) is 4.99. The molecular weight excluding hydrogens is 681 g/mol. The third-order valence-electron chi connectivity index (χ3n) is 10.2. The van der Waals surface area contributed by atoms with Gasteiger partial charge in [0.15, 0.2) is 23.1 Å². The summed E-state index contributed by atoms with van der Waals surface area (Å²) in [6.45, 7) is 0. The van der Waals surface area contributed by atoms with Gasteiger partial charge in [-0.3, -0.25) is 0 Å². The van der Waals surface area contributed by atoms with Gasteiger partial charge in [0.1, 0.15) is 5.52 Å². The molecule has 5 nitrogen and oxygen atoms in total. The predicted molar refractivity (Wildman–Crippen MR) is 222 cm³/mol. The summed E-state index contributed by atoms with van der Waals surface area (Å²) in [7, 11) is 0. The number of thiophene rings is 1. The van der Waals surface area contributed by atoms with Gasteiger partial charge in [-0.2, -0.15) is 0 Å². The van der Waals surface area contributed by atoms with Gasteiger partial charge in [0.25, 0.3) is 0 Å². The van der Waals surface area contributed by atoms with Crippen molar-refractivity contribution in [2.45, 2.75) is 0 Å². The van der Waals surface area contributed by atoms with Crippen molar-refractivity contribution >= 4 is 64.2 Å². The Morgan fingerprint density at radius 1 is 0.407 bits per heavy atom. The largest absolute Gasteiger partial charge is 0.436 e. The summed E-state index contributed by atoms with van der Waals surface area (Å²) < 4.78 is 8.92. The zero-order valence-electron chi connectivity index (χ0n) is 28.8. The van der Waals surface area contributed by atoms with Crippen LogP contribution in [0.2, 0.25) is 0 Å². The zero-order chi connectivity index (χ0) is 35.6. The maximum Gasteiger partial charge on any atom is 0.227 e. The highest BCUT2D eigenvalue weighted by Crippen LogP contribution is 2.47. The first-order chi connectivity index (χ1) is 26.7. The van der Waals surface area contributed by atoms with Gasteiger partial charge in [-0.15, -0.1) is 11.3 Å². The van der Waals surface area contributed by atoms with E-state index in [1.165, 1.54) is 20.9 Å². The van der Waals surface area contributed by atoms with Crippen LogP contribution < -0.4 is 0 Å². The molecule has 0 radical (unpaired) electrons. The smallest absolute Gasteiger partial charge is 0.227 e. The number of rotatable bonds is 5. The van der Waals surface area contributed by atoms with E-state index in [-0.39, 0.29) is 0 Å². The highest BCUT2D eigenvalue weighted by molar-refractivity contribution is 7.26. The Morgan fingerprint density at radius 3 is 1.85 bits per heavy atom. The van der Waals surface area contributed by atoms with Crippen LogP contribution in [0, 0.1) is 0 Å². The molecule has 0 N–H and O–H groups in total. The lowest BCUT2D eigenvalue weighted by molar-refractivity contribution is 0.620.